The molecule has 2 rings (SSSR count). The minimum Gasteiger partial charge on any atom is -0.289 e. The summed E-state index contributed by atoms with van der Waals surface area (Å²) in [6, 6.07) is 5.14. The van der Waals surface area contributed by atoms with Gasteiger partial charge in [0.1, 0.15) is 0 Å². The zero-order valence-corrected chi connectivity index (χ0v) is 12.0. The van der Waals surface area contributed by atoms with E-state index in [1.807, 2.05) is 6.92 Å². The Bertz CT molecular complexity index is 659. The summed E-state index contributed by atoms with van der Waals surface area (Å²) in [6.07, 6.45) is 4.72. The van der Waals surface area contributed by atoms with E-state index in [0.717, 1.165) is 11.3 Å². The predicted octanol–water partition coefficient (Wildman–Crippen LogP) is 3.93. The maximum atomic E-state index is 12.0. The van der Waals surface area contributed by atoms with Crippen LogP contribution in [0, 0.1) is 6.92 Å². The molecule has 19 heavy (non-hydrogen) atoms. The Balaban J connectivity index is 2.23. The van der Waals surface area contributed by atoms with Gasteiger partial charge in [-0.05, 0) is 36.8 Å². The molecule has 0 fully saturated rings. The molecule has 0 atom stereocenters. The van der Waals surface area contributed by atoms with Crippen molar-refractivity contribution in [3.63, 3.8) is 0 Å². The lowest BCUT2D eigenvalue weighted by Gasteiger charge is -1.99. The van der Waals surface area contributed by atoms with Crippen LogP contribution in [0.5, 0.6) is 0 Å². The molecule has 0 unspecified atom stereocenters. The number of benzene rings is 1. The monoisotopic (exact) mass is 294 g/mol. The Labute approximate surface area is 121 Å². The van der Waals surface area contributed by atoms with Crippen LogP contribution in [0.2, 0.25) is 10.0 Å². The quantitative estimate of drug-likeness (QED) is 0.635. The Morgan fingerprint density at radius 3 is 2.68 bits per heavy atom. The predicted molar refractivity (Wildman–Crippen MR) is 77.8 cm³/mol. The number of aryl methyl sites for hydroxylation is 1. The molecule has 0 amide bonds. The lowest BCUT2D eigenvalue weighted by Crippen LogP contribution is -1.98. The third kappa shape index (κ3) is 3.06. The number of nitrogens with zero attached hydrogens (tertiary/aromatic N) is 2. The van der Waals surface area contributed by atoms with Gasteiger partial charge in [0.05, 0.1) is 11.8 Å². The first kappa shape index (κ1) is 13.8. The molecule has 2 aromatic rings. The van der Waals surface area contributed by atoms with E-state index in [-0.39, 0.29) is 5.78 Å². The highest BCUT2D eigenvalue weighted by molar-refractivity contribution is 6.35. The average Bonchev–Trinajstić information content (AvgIpc) is 2.69. The van der Waals surface area contributed by atoms with Gasteiger partial charge >= 0.3 is 0 Å². The zero-order chi connectivity index (χ0) is 14.0. The summed E-state index contributed by atoms with van der Waals surface area (Å²) in [6.45, 7) is 1.85. The van der Waals surface area contributed by atoms with Crippen LogP contribution in [0.4, 0.5) is 0 Å². The van der Waals surface area contributed by atoms with E-state index in [1.54, 1.807) is 42.2 Å². The molecule has 0 aliphatic rings. The highest BCUT2D eigenvalue weighted by atomic mass is 35.5. The molecule has 0 bridgehead atoms. The Kier molecular flexibility index (Phi) is 4.08. The van der Waals surface area contributed by atoms with Gasteiger partial charge in [-0.3, -0.25) is 9.48 Å². The molecule has 0 N–H and O–H groups in total. The van der Waals surface area contributed by atoms with Gasteiger partial charge in [-0.2, -0.15) is 5.10 Å². The molecule has 0 spiro atoms. The van der Waals surface area contributed by atoms with Crippen molar-refractivity contribution in [2.24, 2.45) is 7.05 Å². The van der Waals surface area contributed by atoms with Gasteiger partial charge in [0, 0.05) is 22.8 Å². The van der Waals surface area contributed by atoms with Crippen molar-refractivity contribution in [3.05, 3.63) is 57.3 Å². The van der Waals surface area contributed by atoms with Crippen molar-refractivity contribution in [1.82, 2.24) is 9.78 Å². The second-order valence-corrected chi connectivity index (χ2v) is 4.97. The van der Waals surface area contributed by atoms with Crippen molar-refractivity contribution in [2.75, 3.05) is 0 Å². The number of rotatable bonds is 3. The molecule has 98 valence electrons. The average molecular weight is 295 g/mol. The first-order chi connectivity index (χ1) is 8.99. The van der Waals surface area contributed by atoms with E-state index >= 15 is 0 Å². The van der Waals surface area contributed by atoms with Crippen LogP contribution in [0.15, 0.2) is 30.5 Å². The molecule has 3 nitrogen and oxygen atoms in total. The smallest absolute Gasteiger partial charge is 0.189 e. The largest absolute Gasteiger partial charge is 0.289 e. The first-order valence-corrected chi connectivity index (χ1v) is 6.40. The summed E-state index contributed by atoms with van der Waals surface area (Å²) < 4.78 is 1.66. The summed E-state index contributed by atoms with van der Waals surface area (Å²) >= 11 is 11.8. The van der Waals surface area contributed by atoms with Gasteiger partial charge in [-0.1, -0.05) is 29.3 Å². The number of ketones is 1. The van der Waals surface area contributed by atoms with Gasteiger partial charge in [0.2, 0.25) is 0 Å². The van der Waals surface area contributed by atoms with E-state index in [9.17, 15) is 4.79 Å². The first-order valence-electron chi connectivity index (χ1n) is 5.65. The fraction of sp³-hybridized carbons (Fsp3) is 0.143. The summed E-state index contributed by atoms with van der Waals surface area (Å²) in [5.74, 6) is -0.100. The van der Waals surface area contributed by atoms with Gasteiger partial charge in [0.25, 0.3) is 0 Å². The fourth-order valence-electron chi connectivity index (χ4n) is 1.63. The van der Waals surface area contributed by atoms with Crippen molar-refractivity contribution in [2.45, 2.75) is 6.92 Å². The molecule has 1 heterocycles. The molecule has 0 radical (unpaired) electrons. The van der Waals surface area contributed by atoms with Crippen LogP contribution in [0.25, 0.3) is 6.08 Å². The zero-order valence-electron chi connectivity index (χ0n) is 10.5. The summed E-state index contributed by atoms with van der Waals surface area (Å²) in [7, 11) is 1.80. The molecule has 0 aliphatic carbocycles. The summed E-state index contributed by atoms with van der Waals surface area (Å²) in [5, 5.41) is 5.12. The third-order valence-electron chi connectivity index (χ3n) is 2.88. The minimum atomic E-state index is -0.100. The van der Waals surface area contributed by atoms with Gasteiger partial charge in [-0.25, -0.2) is 0 Å². The molecule has 0 saturated carbocycles. The highest BCUT2D eigenvalue weighted by Gasteiger charge is 2.09. The molecule has 1 aromatic heterocycles. The lowest BCUT2D eigenvalue weighted by molar-refractivity contribution is 0.104. The summed E-state index contributed by atoms with van der Waals surface area (Å²) in [4.78, 5) is 12.0. The topological polar surface area (TPSA) is 34.9 Å². The Morgan fingerprint density at radius 2 is 2.11 bits per heavy atom. The number of hydrogen-bond acceptors (Lipinski definition) is 2. The van der Waals surface area contributed by atoms with Crippen molar-refractivity contribution >= 4 is 35.1 Å². The molecule has 1 aromatic carbocycles. The van der Waals surface area contributed by atoms with Crippen LogP contribution in [0.3, 0.4) is 0 Å². The number of allylic oxidation sites excluding steroid dienone is 1. The Morgan fingerprint density at radius 1 is 1.37 bits per heavy atom. The molecule has 0 aliphatic heterocycles. The van der Waals surface area contributed by atoms with E-state index < -0.39 is 0 Å². The van der Waals surface area contributed by atoms with Crippen LogP contribution in [-0.4, -0.2) is 15.6 Å². The number of carbonyl (C=O) groups is 1. The van der Waals surface area contributed by atoms with E-state index in [4.69, 9.17) is 23.2 Å². The second-order valence-electron chi connectivity index (χ2n) is 4.13. The van der Waals surface area contributed by atoms with Crippen molar-refractivity contribution < 1.29 is 4.79 Å². The lowest BCUT2D eigenvalue weighted by atomic mass is 10.1. The van der Waals surface area contributed by atoms with E-state index in [0.29, 0.717) is 15.6 Å². The highest BCUT2D eigenvalue weighted by Crippen LogP contribution is 2.22. The second kappa shape index (κ2) is 5.59. The van der Waals surface area contributed by atoms with Crippen LogP contribution in [0.1, 0.15) is 21.6 Å². The SMILES string of the molecule is Cc1c(C(=O)/C=C/c2ccc(Cl)cc2Cl)cnn1C. The van der Waals surface area contributed by atoms with Gasteiger partial charge in [0.15, 0.2) is 5.78 Å². The Hall–Kier alpha value is -1.58. The standard InChI is InChI=1S/C14H12Cl2N2O/c1-9-12(8-17-18(9)2)14(19)6-4-10-3-5-11(15)7-13(10)16/h3-8H,1-2H3/b6-4+. The minimum absolute atomic E-state index is 0.100. The van der Waals surface area contributed by atoms with E-state index in [1.165, 1.54) is 6.08 Å². The number of aromatic nitrogens is 2. The van der Waals surface area contributed by atoms with E-state index in [2.05, 4.69) is 5.10 Å². The molecule has 5 heteroatoms. The summed E-state index contributed by atoms with van der Waals surface area (Å²) in [5.41, 5.74) is 2.17. The maximum absolute atomic E-state index is 12.0. The normalized spacial score (nSPS) is 11.2. The maximum Gasteiger partial charge on any atom is 0.189 e. The van der Waals surface area contributed by atoms with Crippen molar-refractivity contribution in [3.8, 4) is 0 Å². The van der Waals surface area contributed by atoms with Gasteiger partial charge < -0.3 is 0 Å². The number of carbonyl (C=O) groups excluding carboxylic acids is 1. The van der Waals surface area contributed by atoms with Gasteiger partial charge in [-0.15, -0.1) is 0 Å². The third-order valence-corrected chi connectivity index (χ3v) is 3.44. The van der Waals surface area contributed by atoms with Crippen LogP contribution in [-0.2, 0) is 7.05 Å². The van der Waals surface area contributed by atoms with Crippen molar-refractivity contribution in [1.29, 1.82) is 0 Å². The van der Waals surface area contributed by atoms with Crippen LogP contribution >= 0.6 is 23.2 Å². The fourth-order valence-corrected chi connectivity index (χ4v) is 2.10. The number of halogens is 2. The molecule has 0 saturated heterocycles. The molecular weight excluding hydrogens is 283 g/mol. The molecular formula is C14H12Cl2N2O. The number of hydrogen-bond donors (Lipinski definition) is 0. The van der Waals surface area contributed by atoms with Crippen LogP contribution < -0.4 is 0 Å².